The number of anilines is 1. The molecule has 0 unspecified atom stereocenters. The van der Waals surface area contributed by atoms with Gasteiger partial charge in [0.2, 0.25) is 0 Å². The number of nitrogens with zero attached hydrogens (tertiary/aromatic N) is 2. The summed E-state index contributed by atoms with van der Waals surface area (Å²) in [5.41, 5.74) is 0.0821. The van der Waals surface area contributed by atoms with Gasteiger partial charge in [0.15, 0.2) is 0 Å². The monoisotopic (exact) mass is 283 g/mol. The lowest BCUT2D eigenvalue weighted by Crippen LogP contribution is -2.22. The fraction of sp³-hybridized carbons (Fsp3) is 0.538. The molecule has 1 aliphatic heterocycles. The van der Waals surface area contributed by atoms with Crippen LogP contribution in [0.25, 0.3) is 0 Å². The molecular formula is C13H18ClN3O2. The Hall–Kier alpha value is -1.33. The van der Waals surface area contributed by atoms with Gasteiger partial charge in [-0.05, 0) is 45.0 Å². The number of nitrogens with one attached hydrogen (secondary N) is 1. The molecule has 1 saturated heterocycles. The van der Waals surface area contributed by atoms with E-state index in [4.69, 9.17) is 16.7 Å². The Kier molecular flexibility index (Phi) is 4.99. The highest BCUT2D eigenvalue weighted by Gasteiger charge is 2.13. The Bertz CT molecular complexity index is 448. The van der Waals surface area contributed by atoms with Gasteiger partial charge in [-0.25, -0.2) is 9.78 Å². The summed E-state index contributed by atoms with van der Waals surface area (Å²) in [7, 11) is 0. The molecule has 2 N–H and O–H groups in total. The van der Waals surface area contributed by atoms with Crippen LogP contribution in [0.3, 0.4) is 0 Å². The van der Waals surface area contributed by atoms with Gasteiger partial charge in [-0.2, -0.15) is 0 Å². The van der Waals surface area contributed by atoms with Crippen molar-refractivity contribution >= 4 is 23.4 Å². The largest absolute Gasteiger partial charge is 0.478 e. The van der Waals surface area contributed by atoms with Crippen LogP contribution in [0.5, 0.6) is 0 Å². The molecule has 6 heteroatoms. The van der Waals surface area contributed by atoms with Crippen molar-refractivity contribution in [2.75, 3.05) is 31.5 Å². The van der Waals surface area contributed by atoms with Crippen LogP contribution in [0.15, 0.2) is 12.3 Å². The minimum absolute atomic E-state index is 0.0821. The van der Waals surface area contributed by atoms with Crippen LogP contribution in [0.2, 0.25) is 5.02 Å². The molecule has 0 saturated carbocycles. The van der Waals surface area contributed by atoms with E-state index in [1.165, 1.54) is 38.2 Å². The molecule has 0 aliphatic carbocycles. The number of carbonyl (C=O) groups is 1. The summed E-state index contributed by atoms with van der Waals surface area (Å²) >= 11 is 5.99. The first-order valence-corrected chi connectivity index (χ1v) is 6.90. The van der Waals surface area contributed by atoms with Crippen LogP contribution < -0.4 is 5.32 Å². The second kappa shape index (κ2) is 6.73. The fourth-order valence-corrected chi connectivity index (χ4v) is 2.51. The second-order valence-corrected chi connectivity index (χ2v) is 5.03. The van der Waals surface area contributed by atoms with Crippen molar-refractivity contribution in [2.45, 2.75) is 19.3 Å². The zero-order valence-electron chi connectivity index (χ0n) is 10.7. The lowest BCUT2D eigenvalue weighted by molar-refractivity contribution is 0.0697. The molecule has 0 radical (unpaired) electrons. The van der Waals surface area contributed by atoms with Crippen molar-refractivity contribution < 1.29 is 9.90 Å². The van der Waals surface area contributed by atoms with E-state index in [0.717, 1.165) is 19.5 Å². The quantitative estimate of drug-likeness (QED) is 0.785. The molecule has 2 rings (SSSR count). The maximum absolute atomic E-state index is 10.9. The van der Waals surface area contributed by atoms with Gasteiger partial charge in [0.05, 0.1) is 10.6 Å². The van der Waals surface area contributed by atoms with Gasteiger partial charge in [-0.15, -0.1) is 0 Å². The number of hydrogen-bond acceptors (Lipinski definition) is 4. The van der Waals surface area contributed by atoms with Gasteiger partial charge < -0.3 is 15.3 Å². The predicted molar refractivity (Wildman–Crippen MR) is 75.0 cm³/mol. The molecule has 19 heavy (non-hydrogen) atoms. The van der Waals surface area contributed by atoms with E-state index in [9.17, 15) is 4.79 Å². The number of hydrogen-bond donors (Lipinski definition) is 2. The van der Waals surface area contributed by atoms with Crippen molar-refractivity contribution in [3.8, 4) is 0 Å². The standard InChI is InChI=1S/C13H18ClN3O2/c14-11-10(13(18)19)4-6-16-12(11)15-5-3-9-17-7-1-2-8-17/h4,6H,1-3,5,7-9H2,(H,15,16)(H,18,19). The molecule has 104 valence electrons. The molecule has 2 heterocycles. The summed E-state index contributed by atoms with van der Waals surface area (Å²) < 4.78 is 0. The normalized spacial score (nSPS) is 15.6. The number of likely N-dealkylation sites (tertiary alicyclic amines) is 1. The molecule has 1 aromatic heterocycles. The zero-order valence-corrected chi connectivity index (χ0v) is 11.5. The molecular weight excluding hydrogens is 266 g/mol. The Morgan fingerprint density at radius 2 is 2.21 bits per heavy atom. The van der Waals surface area contributed by atoms with E-state index < -0.39 is 5.97 Å². The number of rotatable bonds is 6. The van der Waals surface area contributed by atoms with Gasteiger partial charge in [-0.1, -0.05) is 11.6 Å². The molecule has 0 spiro atoms. The van der Waals surface area contributed by atoms with E-state index >= 15 is 0 Å². The number of aromatic carboxylic acids is 1. The molecule has 0 amide bonds. The van der Waals surface area contributed by atoms with Crippen LogP contribution in [-0.2, 0) is 0 Å². The van der Waals surface area contributed by atoms with Gasteiger partial charge in [0.1, 0.15) is 5.82 Å². The summed E-state index contributed by atoms with van der Waals surface area (Å²) in [6.07, 6.45) is 5.04. The molecule has 1 fully saturated rings. The Balaban J connectivity index is 1.82. The first-order chi connectivity index (χ1) is 9.18. The molecule has 5 nitrogen and oxygen atoms in total. The third-order valence-corrected chi connectivity index (χ3v) is 3.64. The molecule has 0 atom stereocenters. The second-order valence-electron chi connectivity index (χ2n) is 4.66. The summed E-state index contributed by atoms with van der Waals surface area (Å²) in [6, 6.07) is 1.40. The fourth-order valence-electron chi connectivity index (χ4n) is 2.25. The average Bonchev–Trinajstić information content (AvgIpc) is 2.89. The van der Waals surface area contributed by atoms with E-state index in [0.29, 0.717) is 5.82 Å². The van der Waals surface area contributed by atoms with Crippen LogP contribution in [0, 0.1) is 0 Å². The Labute approximate surface area is 117 Å². The number of carboxylic acids is 1. The van der Waals surface area contributed by atoms with Crippen LogP contribution in [0.1, 0.15) is 29.6 Å². The highest BCUT2D eigenvalue weighted by Crippen LogP contribution is 2.23. The van der Waals surface area contributed by atoms with Crippen molar-refractivity contribution in [3.05, 3.63) is 22.8 Å². The summed E-state index contributed by atoms with van der Waals surface area (Å²) in [4.78, 5) is 17.4. The number of carboxylic acid groups (broad SMARTS) is 1. The van der Waals surface area contributed by atoms with Crippen molar-refractivity contribution in [3.63, 3.8) is 0 Å². The Morgan fingerprint density at radius 3 is 2.89 bits per heavy atom. The zero-order chi connectivity index (χ0) is 13.7. The van der Waals surface area contributed by atoms with Crippen LogP contribution >= 0.6 is 11.6 Å². The van der Waals surface area contributed by atoms with Crippen molar-refractivity contribution in [2.24, 2.45) is 0 Å². The topological polar surface area (TPSA) is 65.5 Å². The minimum atomic E-state index is -1.03. The minimum Gasteiger partial charge on any atom is -0.478 e. The number of pyridine rings is 1. The van der Waals surface area contributed by atoms with Crippen molar-refractivity contribution in [1.29, 1.82) is 0 Å². The third-order valence-electron chi connectivity index (χ3n) is 3.26. The molecule has 1 aliphatic rings. The van der Waals surface area contributed by atoms with Crippen molar-refractivity contribution in [1.82, 2.24) is 9.88 Å². The van der Waals surface area contributed by atoms with Gasteiger partial charge in [-0.3, -0.25) is 0 Å². The van der Waals surface area contributed by atoms with Gasteiger partial charge in [0, 0.05) is 12.7 Å². The predicted octanol–water partition coefficient (Wildman–Crippen LogP) is 2.33. The van der Waals surface area contributed by atoms with Crippen LogP contribution in [-0.4, -0.2) is 47.1 Å². The molecule has 0 bridgehead atoms. The van der Waals surface area contributed by atoms with E-state index in [1.54, 1.807) is 0 Å². The molecule has 1 aromatic rings. The van der Waals surface area contributed by atoms with E-state index in [1.807, 2.05) is 0 Å². The highest BCUT2D eigenvalue weighted by atomic mass is 35.5. The number of aromatic nitrogens is 1. The maximum Gasteiger partial charge on any atom is 0.337 e. The average molecular weight is 284 g/mol. The van der Waals surface area contributed by atoms with E-state index in [-0.39, 0.29) is 10.6 Å². The summed E-state index contributed by atoms with van der Waals surface area (Å²) in [5, 5.41) is 12.2. The Morgan fingerprint density at radius 1 is 1.47 bits per heavy atom. The molecule has 0 aromatic carbocycles. The maximum atomic E-state index is 10.9. The lowest BCUT2D eigenvalue weighted by atomic mass is 10.2. The third kappa shape index (κ3) is 3.81. The SMILES string of the molecule is O=C(O)c1ccnc(NCCCN2CCCC2)c1Cl. The van der Waals surface area contributed by atoms with Gasteiger partial charge in [0.25, 0.3) is 0 Å². The number of halogens is 1. The smallest absolute Gasteiger partial charge is 0.337 e. The first kappa shape index (κ1) is 14.1. The summed E-state index contributed by atoms with van der Waals surface area (Å²) in [6.45, 7) is 4.18. The van der Waals surface area contributed by atoms with Crippen LogP contribution in [0.4, 0.5) is 5.82 Å². The highest BCUT2D eigenvalue weighted by molar-refractivity contribution is 6.35. The summed E-state index contributed by atoms with van der Waals surface area (Å²) in [5.74, 6) is -0.587. The van der Waals surface area contributed by atoms with Gasteiger partial charge >= 0.3 is 5.97 Å². The first-order valence-electron chi connectivity index (χ1n) is 6.52. The van der Waals surface area contributed by atoms with E-state index in [2.05, 4.69) is 15.2 Å². The lowest BCUT2D eigenvalue weighted by Gasteiger charge is -2.15.